The van der Waals surface area contributed by atoms with Crippen LogP contribution in [0.4, 0.5) is 10.1 Å². The number of anilines is 1. The Bertz CT molecular complexity index is 877. The zero-order valence-corrected chi connectivity index (χ0v) is 15.8. The van der Waals surface area contributed by atoms with Crippen LogP contribution in [-0.2, 0) is 4.79 Å². The molecule has 1 N–H and O–H groups in total. The molecule has 2 aromatic carbocycles. The Morgan fingerprint density at radius 1 is 1.11 bits per heavy atom. The molecule has 1 aliphatic rings. The average Bonchev–Trinajstić information content (AvgIpc) is 3.06. The highest BCUT2D eigenvalue weighted by molar-refractivity contribution is 5.99. The van der Waals surface area contributed by atoms with Gasteiger partial charge in [0.25, 0.3) is 5.91 Å². The van der Waals surface area contributed by atoms with Crippen molar-refractivity contribution >= 4 is 17.5 Å². The van der Waals surface area contributed by atoms with Gasteiger partial charge in [-0.3, -0.25) is 9.59 Å². The molecule has 0 unspecified atom stereocenters. The van der Waals surface area contributed by atoms with Gasteiger partial charge in [-0.1, -0.05) is 6.07 Å². The predicted molar refractivity (Wildman–Crippen MR) is 101 cm³/mol. The van der Waals surface area contributed by atoms with E-state index in [9.17, 15) is 14.0 Å². The van der Waals surface area contributed by atoms with Crippen molar-refractivity contribution in [3.8, 4) is 17.2 Å². The van der Waals surface area contributed by atoms with Crippen LogP contribution in [0.5, 0.6) is 17.2 Å². The Morgan fingerprint density at radius 2 is 1.79 bits per heavy atom. The molecule has 0 bridgehead atoms. The first-order valence-electron chi connectivity index (χ1n) is 8.63. The summed E-state index contributed by atoms with van der Waals surface area (Å²) in [5.41, 5.74) is 0.778. The molecule has 1 fully saturated rings. The third-order valence-electron chi connectivity index (χ3n) is 4.51. The molecule has 8 heteroatoms. The second kappa shape index (κ2) is 8.16. The van der Waals surface area contributed by atoms with Gasteiger partial charge in [0.1, 0.15) is 5.82 Å². The minimum atomic E-state index is -0.421. The zero-order valence-electron chi connectivity index (χ0n) is 15.8. The number of ether oxygens (including phenoxy) is 3. The third-order valence-corrected chi connectivity index (χ3v) is 4.51. The molecule has 1 aliphatic heterocycles. The summed E-state index contributed by atoms with van der Waals surface area (Å²) in [7, 11) is 4.40. The normalized spacial score (nSPS) is 16.1. The number of benzene rings is 2. The van der Waals surface area contributed by atoms with Crippen LogP contribution in [0.1, 0.15) is 16.8 Å². The topological polar surface area (TPSA) is 77.1 Å². The minimum Gasteiger partial charge on any atom is -0.493 e. The van der Waals surface area contributed by atoms with Gasteiger partial charge in [-0.2, -0.15) is 0 Å². The Labute approximate surface area is 162 Å². The van der Waals surface area contributed by atoms with Gasteiger partial charge in [-0.25, -0.2) is 4.39 Å². The molecular formula is C20H21FN2O5. The highest BCUT2D eigenvalue weighted by atomic mass is 19.1. The summed E-state index contributed by atoms with van der Waals surface area (Å²) in [6, 6.07) is 8.48. The minimum absolute atomic E-state index is 0.132. The molecule has 1 heterocycles. The molecule has 7 nitrogen and oxygen atoms in total. The van der Waals surface area contributed by atoms with Crippen molar-refractivity contribution < 1.29 is 28.2 Å². The summed E-state index contributed by atoms with van der Waals surface area (Å²) in [5.74, 6) is 0.121. The molecule has 0 radical (unpaired) electrons. The Hall–Kier alpha value is -3.29. The summed E-state index contributed by atoms with van der Waals surface area (Å²) in [6.07, 6.45) is 0.132. The van der Waals surface area contributed by atoms with Crippen LogP contribution >= 0.6 is 0 Å². The van der Waals surface area contributed by atoms with Crippen LogP contribution in [-0.4, -0.2) is 45.7 Å². The van der Waals surface area contributed by atoms with E-state index in [2.05, 4.69) is 5.32 Å². The number of hydrogen-bond acceptors (Lipinski definition) is 5. The first-order chi connectivity index (χ1) is 13.5. The smallest absolute Gasteiger partial charge is 0.251 e. The molecule has 28 heavy (non-hydrogen) atoms. The van der Waals surface area contributed by atoms with Gasteiger partial charge in [0.2, 0.25) is 11.7 Å². The second-order valence-electron chi connectivity index (χ2n) is 6.27. The fourth-order valence-electron chi connectivity index (χ4n) is 3.18. The van der Waals surface area contributed by atoms with E-state index < -0.39 is 11.9 Å². The highest BCUT2D eigenvalue weighted by Gasteiger charge is 2.32. The zero-order chi connectivity index (χ0) is 20.3. The third kappa shape index (κ3) is 3.85. The number of nitrogens with one attached hydrogen (secondary N) is 1. The van der Waals surface area contributed by atoms with E-state index in [1.54, 1.807) is 12.1 Å². The van der Waals surface area contributed by atoms with Gasteiger partial charge in [0, 0.05) is 24.2 Å². The monoisotopic (exact) mass is 388 g/mol. The summed E-state index contributed by atoms with van der Waals surface area (Å²) in [6.45, 7) is 0.262. The lowest BCUT2D eigenvalue weighted by molar-refractivity contribution is -0.117. The van der Waals surface area contributed by atoms with Gasteiger partial charge in [0.15, 0.2) is 11.5 Å². The lowest BCUT2D eigenvalue weighted by atomic mass is 10.1. The molecule has 0 saturated carbocycles. The van der Waals surface area contributed by atoms with Crippen molar-refractivity contribution in [3.05, 3.63) is 47.8 Å². The summed E-state index contributed by atoms with van der Waals surface area (Å²) < 4.78 is 29.2. The average molecular weight is 388 g/mol. The number of nitrogens with zero attached hydrogens (tertiary/aromatic N) is 1. The van der Waals surface area contributed by atoms with E-state index in [-0.39, 0.29) is 24.8 Å². The van der Waals surface area contributed by atoms with Gasteiger partial charge < -0.3 is 24.4 Å². The first kappa shape index (κ1) is 19.5. The fourth-order valence-corrected chi connectivity index (χ4v) is 3.18. The molecule has 148 valence electrons. The molecule has 2 aromatic rings. The van der Waals surface area contributed by atoms with Crippen molar-refractivity contribution in [2.75, 3.05) is 32.8 Å². The van der Waals surface area contributed by atoms with Crippen LogP contribution in [0.2, 0.25) is 0 Å². The number of amides is 2. The van der Waals surface area contributed by atoms with E-state index in [1.165, 1.54) is 50.5 Å². The predicted octanol–water partition coefficient (Wildman–Crippen LogP) is 2.39. The van der Waals surface area contributed by atoms with E-state index in [1.807, 2.05) is 0 Å². The molecule has 2 amide bonds. The van der Waals surface area contributed by atoms with Crippen LogP contribution in [0.3, 0.4) is 0 Å². The fraction of sp³-hybridized carbons (Fsp3) is 0.300. The number of hydrogen-bond donors (Lipinski definition) is 1. The van der Waals surface area contributed by atoms with Crippen molar-refractivity contribution in [2.24, 2.45) is 0 Å². The van der Waals surface area contributed by atoms with Crippen molar-refractivity contribution in [3.63, 3.8) is 0 Å². The van der Waals surface area contributed by atoms with Crippen LogP contribution in [0.15, 0.2) is 36.4 Å². The largest absolute Gasteiger partial charge is 0.493 e. The van der Waals surface area contributed by atoms with E-state index in [0.717, 1.165) is 0 Å². The van der Waals surface area contributed by atoms with Crippen molar-refractivity contribution in [1.29, 1.82) is 0 Å². The second-order valence-corrected chi connectivity index (χ2v) is 6.27. The first-order valence-corrected chi connectivity index (χ1v) is 8.63. The maximum absolute atomic E-state index is 13.4. The van der Waals surface area contributed by atoms with Crippen LogP contribution < -0.4 is 24.4 Å². The maximum Gasteiger partial charge on any atom is 0.251 e. The van der Waals surface area contributed by atoms with E-state index in [4.69, 9.17) is 14.2 Å². The van der Waals surface area contributed by atoms with Gasteiger partial charge in [-0.15, -0.1) is 0 Å². The van der Waals surface area contributed by atoms with E-state index in [0.29, 0.717) is 28.5 Å². The Morgan fingerprint density at radius 3 is 2.36 bits per heavy atom. The number of halogens is 1. The quantitative estimate of drug-likeness (QED) is 0.822. The number of rotatable bonds is 6. The van der Waals surface area contributed by atoms with Gasteiger partial charge in [-0.05, 0) is 30.3 Å². The molecule has 3 rings (SSSR count). The Kier molecular flexibility index (Phi) is 5.67. The summed E-state index contributed by atoms with van der Waals surface area (Å²) in [4.78, 5) is 26.4. The maximum atomic E-state index is 13.4. The number of carbonyl (C=O) groups is 2. The summed E-state index contributed by atoms with van der Waals surface area (Å²) >= 11 is 0. The summed E-state index contributed by atoms with van der Waals surface area (Å²) in [5, 5.41) is 2.83. The molecule has 0 spiro atoms. The standard InChI is InChI=1S/C20H21FN2O5/c1-26-16-7-12(8-17(27-2)19(16)28-3)20(25)22-14-10-18(24)23(11-14)15-6-4-5-13(21)9-15/h4-9,14H,10-11H2,1-3H3,(H,22,25)/t14-/m1/s1. The van der Waals surface area contributed by atoms with Crippen LogP contribution in [0, 0.1) is 5.82 Å². The molecule has 1 saturated heterocycles. The lowest BCUT2D eigenvalue weighted by Gasteiger charge is -2.18. The SMILES string of the molecule is COc1cc(C(=O)N[C@@H]2CC(=O)N(c3cccc(F)c3)C2)cc(OC)c1OC. The Balaban J connectivity index is 1.76. The number of methoxy groups -OCH3 is 3. The molecule has 0 aliphatic carbocycles. The van der Waals surface area contributed by atoms with Crippen molar-refractivity contribution in [2.45, 2.75) is 12.5 Å². The lowest BCUT2D eigenvalue weighted by Crippen LogP contribution is -2.37. The molecule has 0 aromatic heterocycles. The number of carbonyl (C=O) groups excluding carboxylic acids is 2. The van der Waals surface area contributed by atoms with Gasteiger partial charge >= 0.3 is 0 Å². The highest BCUT2D eigenvalue weighted by Crippen LogP contribution is 2.38. The van der Waals surface area contributed by atoms with Crippen LogP contribution in [0.25, 0.3) is 0 Å². The van der Waals surface area contributed by atoms with Crippen molar-refractivity contribution in [1.82, 2.24) is 5.32 Å². The van der Waals surface area contributed by atoms with Gasteiger partial charge in [0.05, 0.1) is 27.4 Å². The van der Waals surface area contributed by atoms with E-state index >= 15 is 0 Å². The molecule has 1 atom stereocenters. The molecular weight excluding hydrogens is 367 g/mol.